The highest BCUT2D eigenvalue weighted by atomic mass is 16.5. The molecule has 1 saturated carbocycles. The van der Waals surface area contributed by atoms with Crippen molar-refractivity contribution < 1.29 is 19.1 Å². The topological polar surface area (TPSA) is 75.7 Å². The Morgan fingerprint density at radius 2 is 1.72 bits per heavy atom. The molecule has 0 radical (unpaired) electrons. The maximum atomic E-state index is 12.3. The Balaban J connectivity index is 1.37. The van der Waals surface area contributed by atoms with E-state index in [9.17, 15) is 14.4 Å². The standard InChI is InChI=1S/C19H24N2O4/c22-17(20-11-13-25-14-6-2-1-3-7-14)10-12-21-18(23)15-8-4-5-9-16(15)19(21)24/h1-3,6-7,15-16H,4-5,8-13H2,(H,20,22). The zero-order chi connectivity index (χ0) is 17.6. The van der Waals surface area contributed by atoms with Crippen LogP contribution in [-0.4, -0.2) is 42.3 Å². The molecule has 3 amide bonds. The molecule has 25 heavy (non-hydrogen) atoms. The highest BCUT2D eigenvalue weighted by Gasteiger charge is 2.47. The summed E-state index contributed by atoms with van der Waals surface area (Å²) in [6, 6.07) is 9.38. The van der Waals surface area contributed by atoms with Crippen LogP contribution in [-0.2, 0) is 14.4 Å². The van der Waals surface area contributed by atoms with Gasteiger partial charge in [0.15, 0.2) is 0 Å². The van der Waals surface area contributed by atoms with E-state index in [4.69, 9.17) is 4.74 Å². The van der Waals surface area contributed by atoms with Crippen molar-refractivity contribution in [3.05, 3.63) is 30.3 Å². The van der Waals surface area contributed by atoms with Gasteiger partial charge in [-0.2, -0.15) is 0 Å². The van der Waals surface area contributed by atoms with Crippen molar-refractivity contribution >= 4 is 17.7 Å². The van der Waals surface area contributed by atoms with Crippen molar-refractivity contribution in [1.29, 1.82) is 0 Å². The second-order valence-electron chi connectivity index (χ2n) is 6.59. The number of hydrogen-bond acceptors (Lipinski definition) is 4. The summed E-state index contributed by atoms with van der Waals surface area (Å²) in [5.74, 6) is 0.108. The Kier molecular flexibility index (Phi) is 5.68. The van der Waals surface area contributed by atoms with E-state index in [1.807, 2.05) is 30.3 Å². The largest absolute Gasteiger partial charge is 0.492 e. The molecule has 1 saturated heterocycles. The first-order chi connectivity index (χ1) is 12.2. The third-order valence-corrected chi connectivity index (χ3v) is 4.93. The highest BCUT2D eigenvalue weighted by Crippen LogP contribution is 2.37. The summed E-state index contributed by atoms with van der Waals surface area (Å²) >= 11 is 0. The van der Waals surface area contributed by atoms with Gasteiger partial charge in [-0.1, -0.05) is 31.0 Å². The van der Waals surface area contributed by atoms with E-state index < -0.39 is 0 Å². The number of benzene rings is 1. The summed E-state index contributed by atoms with van der Waals surface area (Å²) in [6.45, 7) is 0.943. The number of nitrogens with one attached hydrogen (secondary N) is 1. The molecule has 0 bridgehead atoms. The molecule has 2 fully saturated rings. The average Bonchev–Trinajstić information content (AvgIpc) is 2.89. The molecule has 6 heteroatoms. The normalized spacial score (nSPS) is 22.6. The highest BCUT2D eigenvalue weighted by molar-refractivity contribution is 6.05. The summed E-state index contributed by atoms with van der Waals surface area (Å²) in [6.07, 6.45) is 3.76. The summed E-state index contributed by atoms with van der Waals surface area (Å²) < 4.78 is 5.50. The second kappa shape index (κ2) is 8.14. The Morgan fingerprint density at radius 3 is 2.36 bits per heavy atom. The van der Waals surface area contributed by atoms with Gasteiger partial charge in [0.05, 0.1) is 18.4 Å². The molecule has 0 aromatic heterocycles. The van der Waals surface area contributed by atoms with Crippen LogP contribution in [0.1, 0.15) is 32.1 Å². The smallest absolute Gasteiger partial charge is 0.233 e. The molecule has 3 rings (SSSR count). The van der Waals surface area contributed by atoms with E-state index >= 15 is 0 Å². The van der Waals surface area contributed by atoms with Gasteiger partial charge in [-0.15, -0.1) is 0 Å². The van der Waals surface area contributed by atoms with Crippen LogP contribution in [0.3, 0.4) is 0 Å². The molecule has 6 nitrogen and oxygen atoms in total. The predicted molar refractivity (Wildman–Crippen MR) is 91.7 cm³/mol. The van der Waals surface area contributed by atoms with E-state index in [2.05, 4.69) is 5.32 Å². The van der Waals surface area contributed by atoms with Gasteiger partial charge in [-0.05, 0) is 25.0 Å². The number of carbonyl (C=O) groups is 3. The molecule has 2 atom stereocenters. The fraction of sp³-hybridized carbons (Fsp3) is 0.526. The average molecular weight is 344 g/mol. The molecule has 1 heterocycles. The van der Waals surface area contributed by atoms with Crippen molar-refractivity contribution in [3.8, 4) is 5.75 Å². The lowest BCUT2D eigenvalue weighted by molar-refractivity contribution is -0.140. The number of amides is 3. The van der Waals surface area contributed by atoms with Crippen LogP contribution in [0.2, 0.25) is 0 Å². The Bertz CT molecular complexity index is 608. The van der Waals surface area contributed by atoms with Gasteiger partial charge in [-0.3, -0.25) is 19.3 Å². The number of imide groups is 1. The molecule has 1 N–H and O–H groups in total. The lowest BCUT2D eigenvalue weighted by Gasteiger charge is -2.19. The van der Waals surface area contributed by atoms with Gasteiger partial charge in [-0.25, -0.2) is 0 Å². The molecule has 1 aliphatic heterocycles. The molecule has 1 aromatic rings. The van der Waals surface area contributed by atoms with Crippen LogP contribution in [0.5, 0.6) is 5.75 Å². The Morgan fingerprint density at radius 1 is 1.08 bits per heavy atom. The lowest BCUT2D eigenvalue weighted by atomic mass is 9.81. The summed E-state index contributed by atoms with van der Waals surface area (Å²) in [7, 11) is 0. The number of ether oxygens (including phenoxy) is 1. The van der Waals surface area contributed by atoms with Gasteiger partial charge in [0.1, 0.15) is 12.4 Å². The maximum absolute atomic E-state index is 12.3. The van der Waals surface area contributed by atoms with E-state index in [0.29, 0.717) is 13.2 Å². The number of hydrogen-bond donors (Lipinski definition) is 1. The SMILES string of the molecule is O=C(CCN1C(=O)C2CCCCC2C1=O)NCCOc1ccccc1. The molecule has 0 spiro atoms. The minimum atomic E-state index is -0.174. The van der Waals surface area contributed by atoms with Crippen LogP contribution in [0.4, 0.5) is 0 Å². The number of fused-ring (bicyclic) bond motifs is 1. The number of para-hydroxylation sites is 1. The number of rotatable bonds is 7. The van der Waals surface area contributed by atoms with Gasteiger partial charge in [0.25, 0.3) is 0 Å². The van der Waals surface area contributed by atoms with Gasteiger partial charge >= 0.3 is 0 Å². The van der Waals surface area contributed by atoms with E-state index in [-0.39, 0.29) is 42.5 Å². The fourth-order valence-electron chi connectivity index (χ4n) is 3.63. The summed E-state index contributed by atoms with van der Waals surface area (Å²) in [5.41, 5.74) is 0. The number of carbonyl (C=O) groups excluding carboxylic acids is 3. The molecule has 1 aliphatic carbocycles. The minimum absolute atomic E-state index is 0.0880. The van der Waals surface area contributed by atoms with Crippen LogP contribution in [0.15, 0.2) is 30.3 Å². The van der Waals surface area contributed by atoms with Gasteiger partial charge in [0.2, 0.25) is 17.7 Å². The van der Waals surface area contributed by atoms with Gasteiger partial charge < -0.3 is 10.1 Å². The summed E-state index contributed by atoms with van der Waals surface area (Å²) in [4.78, 5) is 37.9. The first kappa shape index (κ1) is 17.5. The number of likely N-dealkylation sites (tertiary alicyclic amines) is 1. The van der Waals surface area contributed by atoms with Crippen molar-refractivity contribution in [2.45, 2.75) is 32.1 Å². The Labute approximate surface area is 147 Å². The zero-order valence-corrected chi connectivity index (χ0v) is 14.3. The van der Waals surface area contributed by atoms with Crippen LogP contribution < -0.4 is 10.1 Å². The van der Waals surface area contributed by atoms with E-state index in [1.165, 1.54) is 4.90 Å². The maximum Gasteiger partial charge on any atom is 0.233 e. The van der Waals surface area contributed by atoms with E-state index in [0.717, 1.165) is 31.4 Å². The third-order valence-electron chi connectivity index (χ3n) is 4.93. The molecule has 2 aliphatic rings. The lowest BCUT2D eigenvalue weighted by Crippen LogP contribution is -2.36. The molecule has 2 unspecified atom stereocenters. The van der Waals surface area contributed by atoms with Crippen LogP contribution in [0.25, 0.3) is 0 Å². The first-order valence-electron chi connectivity index (χ1n) is 8.96. The van der Waals surface area contributed by atoms with Crippen LogP contribution in [0, 0.1) is 11.8 Å². The monoisotopic (exact) mass is 344 g/mol. The predicted octanol–water partition coefficient (Wildman–Crippen LogP) is 1.75. The number of nitrogens with zero attached hydrogens (tertiary/aromatic N) is 1. The molecule has 134 valence electrons. The molecular weight excluding hydrogens is 320 g/mol. The second-order valence-corrected chi connectivity index (χ2v) is 6.59. The molecule has 1 aromatic carbocycles. The van der Waals surface area contributed by atoms with Crippen molar-refractivity contribution in [1.82, 2.24) is 10.2 Å². The molecular formula is C19H24N2O4. The van der Waals surface area contributed by atoms with Crippen molar-refractivity contribution in [2.24, 2.45) is 11.8 Å². The summed E-state index contributed by atoms with van der Waals surface area (Å²) in [5, 5.41) is 2.76. The zero-order valence-electron chi connectivity index (χ0n) is 14.3. The first-order valence-corrected chi connectivity index (χ1v) is 8.96. The van der Waals surface area contributed by atoms with Crippen molar-refractivity contribution in [3.63, 3.8) is 0 Å². The van der Waals surface area contributed by atoms with Gasteiger partial charge in [0, 0.05) is 13.0 Å². The fourth-order valence-corrected chi connectivity index (χ4v) is 3.63. The quantitative estimate of drug-likeness (QED) is 0.604. The van der Waals surface area contributed by atoms with E-state index in [1.54, 1.807) is 0 Å². The minimum Gasteiger partial charge on any atom is -0.492 e. The Hall–Kier alpha value is -2.37. The van der Waals surface area contributed by atoms with Crippen molar-refractivity contribution in [2.75, 3.05) is 19.7 Å². The van der Waals surface area contributed by atoms with Crippen LogP contribution >= 0.6 is 0 Å². The third kappa shape index (κ3) is 4.18.